The molecule has 0 spiro atoms. The summed E-state index contributed by atoms with van der Waals surface area (Å²) in [5.74, 6) is 0.0188. The van der Waals surface area contributed by atoms with Crippen LogP contribution in [0, 0.1) is 0 Å². The Hall–Kier alpha value is -1.70. The Morgan fingerprint density at radius 1 is 1.20 bits per heavy atom. The lowest BCUT2D eigenvalue weighted by molar-refractivity contribution is 0.0677. The molecule has 1 aliphatic rings. The van der Waals surface area contributed by atoms with Gasteiger partial charge in [0, 0.05) is 10.9 Å². The lowest BCUT2D eigenvalue weighted by Crippen LogP contribution is -2.26. The van der Waals surface area contributed by atoms with Crippen LogP contribution in [0.5, 0.6) is 0 Å². The van der Waals surface area contributed by atoms with Crippen molar-refractivity contribution in [3.63, 3.8) is 0 Å². The fourth-order valence-electron chi connectivity index (χ4n) is 2.80. The molecule has 0 bridgehead atoms. The summed E-state index contributed by atoms with van der Waals surface area (Å²) >= 11 is 8.37. The SMILES string of the molecule is O=C(c1ccc(Br)o1)N1N=C(c2cccs2)C[C@@H]1c1cccc(Br)c1. The van der Waals surface area contributed by atoms with E-state index in [9.17, 15) is 4.79 Å². The number of hydrogen-bond donors (Lipinski definition) is 0. The van der Waals surface area contributed by atoms with Crippen LogP contribution in [0.25, 0.3) is 0 Å². The number of furan rings is 1. The van der Waals surface area contributed by atoms with Crippen molar-refractivity contribution in [3.8, 4) is 0 Å². The third kappa shape index (κ3) is 3.36. The number of amides is 1. The van der Waals surface area contributed by atoms with Gasteiger partial charge in [0.05, 0.1) is 16.6 Å². The summed E-state index contributed by atoms with van der Waals surface area (Å²) in [6.07, 6.45) is 0.671. The topological polar surface area (TPSA) is 45.8 Å². The zero-order chi connectivity index (χ0) is 17.4. The summed E-state index contributed by atoms with van der Waals surface area (Å²) in [5, 5.41) is 8.17. The summed E-state index contributed by atoms with van der Waals surface area (Å²) in [6.45, 7) is 0. The number of hydrazone groups is 1. The van der Waals surface area contributed by atoms with Crippen molar-refractivity contribution >= 4 is 54.8 Å². The molecule has 0 unspecified atom stereocenters. The average Bonchev–Trinajstić information content (AvgIpc) is 3.34. The minimum atomic E-state index is -0.248. The van der Waals surface area contributed by atoms with Crippen LogP contribution < -0.4 is 0 Å². The molecule has 0 fully saturated rings. The van der Waals surface area contributed by atoms with Crippen molar-refractivity contribution in [1.29, 1.82) is 0 Å². The largest absolute Gasteiger partial charge is 0.444 e. The Labute approximate surface area is 165 Å². The maximum Gasteiger partial charge on any atom is 0.310 e. The van der Waals surface area contributed by atoms with Crippen molar-refractivity contribution < 1.29 is 9.21 Å². The van der Waals surface area contributed by atoms with E-state index in [2.05, 4.69) is 37.0 Å². The third-order valence-electron chi connectivity index (χ3n) is 3.94. The molecule has 1 atom stereocenters. The number of benzene rings is 1. The Morgan fingerprint density at radius 3 is 2.76 bits per heavy atom. The first-order valence-corrected chi connectivity index (χ1v) is 10.0. The highest BCUT2D eigenvalue weighted by atomic mass is 79.9. The van der Waals surface area contributed by atoms with Gasteiger partial charge in [0.25, 0.3) is 0 Å². The van der Waals surface area contributed by atoms with Crippen molar-refractivity contribution in [2.45, 2.75) is 12.5 Å². The number of thiophene rings is 1. The fourth-order valence-corrected chi connectivity index (χ4v) is 4.25. The van der Waals surface area contributed by atoms with E-state index < -0.39 is 0 Å². The first-order chi connectivity index (χ1) is 12.1. The summed E-state index contributed by atoms with van der Waals surface area (Å²) in [4.78, 5) is 14.0. The van der Waals surface area contributed by atoms with E-state index in [0.29, 0.717) is 11.1 Å². The minimum Gasteiger partial charge on any atom is -0.444 e. The Kier molecular flexibility index (Phi) is 4.62. The number of nitrogens with zero attached hydrogens (tertiary/aromatic N) is 2. The van der Waals surface area contributed by atoms with E-state index in [1.807, 2.05) is 41.8 Å². The van der Waals surface area contributed by atoms with Crippen LogP contribution in [-0.4, -0.2) is 16.6 Å². The summed E-state index contributed by atoms with van der Waals surface area (Å²) in [5.41, 5.74) is 1.95. The van der Waals surface area contributed by atoms with Crippen LogP contribution in [0.4, 0.5) is 0 Å². The van der Waals surface area contributed by atoms with Crippen molar-refractivity contribution in [2.24, 2.45) is 5.10 Å². The number of hydrogen-bond acceptors (Lipinski definition) is 4. The highest BCUT2D eigenvalue weighted by Crippen LogP contribution is 2.36. The number of carbonyl (C=O) groups excluding carboxylic acids is 1. The molecule has 0 N–H and O–H groups in total. The predicted octanol–water partition coefficient (Wildman–Crippen LogP) is 5.86. The Bertz CT molecular complexity index is 950. The van der Waals surface area contributed by atoms with Crippen molar-refractivity contribution in [1.82, 2.24) is 5.01 Å². The van der Waals surface area contributed by atoms with Gasteiger partial charge in [-0.1, -0.05) is 34.1 Å². The zero-order valence-electron chi connectivity index (χ0n) is 12.9. The van der Waals surface area contributed by atoms with E-state index in [1.165, 1.54) is 5.01 Å². The summed E-state index contributed by atoms with van der Waals surface area (Å²) in [7, 11) is 0. The first-order valence-electron chi connectivity index (χ1n) is 7.57. The molecule has 0 saturated heterocycles. The molecule has 4 nitrogen and oxygen atoms in total. The predicted molar refractivity (Wildman–Crippen MR) is 105 cm³/mol. The van der Waals surface area contributed by atoms with Gasteiger partial charge in [-0.05, 0) is 57.2 Å². The maximum atomic E-state index is 12.9. The molecule has 7 heteroatoms. The second-order valence-electron chi connectivity index (χ2n) is 5.55. The van der Waals surface area contributed by atoms with Gasteiger partial charge in [-0.25, -0.2) is 5.01 Å². The maximum absolute atomic E-state index is 12.9. The fraction of sp³-hybridized carbons (Fsp3) is 0.111. The number of carbonyl (C=O) groups is 1. The van der Waals surface area contributed by atoms with E-state index in [0.717, 1.165) is 20.6 Å². The highest BCUT2D eigenvalue weighted by Gasteiger charge is 2.35. The smallest absolute Gasteiger partial charge is 0.310 e. The van der Waals surface area contributed by atoms with Crippen molar-refractivity contribution in [2.75, 3.05) is 0 Å². The molecule has 0 radical (unpaired) electrons. The number of rotatable bonds is 3. The standard InChI is InChI=1S/C18H12Br2N2O2S/c19-12-4-1-3-11(9-12)14-10-13(16-5-2-8-25-16)21-22(14)18(23)15-6-7-17(20)24-15/h1-9,14H,10H2/t14-/m1/s1. The summed E-state index contributed by atoms with van der Waals surface area (Å²) < 4.78 is 6.94. The quantitative estimate of drug-likeness (QED) is 0.472. The Balaban J connectivity index is 1.73. The van der Waals surface area contributed by atoms with Gasteiger partial charge < -0.3 is 4.42 Å². The van der Waals surface area contributed by atoms with Gasteiger partial charge in [0.2, 0.25) is 0 Å². The van der Waals surface area contributed by atoms with Crippen LogP contribution in [-0.2, 0) is 0 Å². The van der Waals surface area contributed by atoms with Crippen LogP contribution in [0.2, 0.25) is 0 Å². The average molecular weight is 480 g/mol. The lowest BCUT2D eigenvalue weighted by Gasteiger charge is -2.21. The molecule has 126 valence electrons. The van der Waals surface area contributed by atoms with Crippen LogP contribution in [0.3, 0.4) is 0 Å². The van der Waals surface area contributed by atoms with Gasteiger partial charge in [-0.2, -0.15) is 5.10 Å². The second kappa shape index (κ2) is 6.90. The highest BCUT2D eigenvalue weighted by molar-refractivity contribution is 9.10. The molecule has 1 amide bonds. The van der Waals surface area contributed by atoms with E-state index in [-0.39, 0.29) is 17.7 Å². The normalized spacial score (nSPS) is 17.0. The van der Waals surface area contributed by atoms with E-state index in [1.54, 1.807) is 23.5 Å². The minimum absolute atomic E-state index is 0.161. The molecule has 1 aliphatic heterocycles. The van der Waals surface area contributed by atoms with Crippen LogP contribution in [0.1, 0.15) is 33.5 Å². The molecule has 3 aromatic rings. The molecular weight excluding hydrogens is 468 g/mol. The van der Waals surface area contributed by atoms with Crippen molar-refractivity contribution in [3.05, 3.63) is 79.3 Å². The molecule has 0 saturated carbocycles. The zero-order valence-corrected chi connectivity index (χ0v) is 16.8. The second-order valence-corrected chi connectivity index (χ2v) is 8.20. The first kappa shape index (κ1) is 16.8. The van der Waals surface area contributed by atoms with E-state index >= 15 is 0 Å². The molecule has 4 rings (SSSR count). The monoisotopic (exact) mass is 478 g/mol. The van der Waals surface area contributed by atoms with Gasteiger partial charge in [0.15, 0.2) is 10.4 Å². The van der Waals surface area contributed by atoms with Gasteiger partial charge in [-0.15, -0.1) is 11.3 Å². The summed E-state index contributed by atoms with van der Waals surface area (Å²) in [6, 6.07) is 15.2. The van der Waals surface area contributed by atoms with Gasteiger partial charge in [0.1, 0.15) is 0 Å². The Morgan fingerprint density at radius 2 is 2.08 bits per heavy atom. The molecule has 25 heavy (non-hydrogen) atoms. The molecule has 0 aliphatic carbocycles. The van der Waals surface area contributed by atoms with Crippen LogP contribution >= 0.6 is 43.2 Å². The third-order valence-corrected chi connectivity index (χ3v) is 5.78. The van der Waals surface area contributed by atoms with Crippen LogP contribution in [0.15, 0.2) is 72.6 Å². The lowest BCUT2D eigenvalue weighted by atomic mass is 10.0. The number of halogens is 2. The molecular formula is C18H12Br2N2O2S. The van der Waals surface area contributed by atoms with Gasteiger partial charge in [-0.3, -0.25) is 4.79 Å². The molecule has 3 heterocycles. The molecule has 1 aromatic carbocycles. The molecule has 2 aromatic heterocycles. The van der Waals surface area contributed by atoms with E-state index in [4.69, 9.17) is 4.42 Å². The van der Waals surface area contributed by atoms with Gasteiger partial charge >= 0.3 is 5.91 Å².